The molecule has 0 heterocycles. The molecule has 0 fully saturated rings. The van der Waals surface area contributed by atoms with Crippen LogP contribution < -0.4 is 14.9 Å². The Morgan fingerprint density at radius 1 is 1.12 bits per heavy atom. The number of hydrazone groups is 1. The quantitative estimate of drug-likeness (QED) is 0.509. The first-order valence-corrected chi connectivity index (χ1v) is 8.98. The predicted molar refractivity (Wildman–Crippen MR) is 105 cm³/mol. The van der Waals surface area contributed by atoms with Crippen molar-refractivity contribution in [2.75, 3.05) is 13.2 Å². The number of halogens is 2. The van der Waals surface area contributed by atoms with Crippen LogP contribution in [0.15, 0.2) is 41.5 Å². The predicted octanol–water partition coefficient (Wildman–Crippen LogP) is 4.94. The summed E-state index contributed by atoms with van der Waals surface area (Å²) in [5.74, 6) is 0.899. The van der Waals surface area contributed by atoms with E-state index >= 15 is 0 Å². The zero-order chi connectivity index (χ0) is 18.9. The van der Waals surface area contributed by atoms with Crippen LogP contribution in [0.25, 0.3) is 0 Å². The normalized spacial score (nSPS) is 10.8. The van der Waals surface area contributed by atoms with Gasteiger partial charge in [0.2, 0.25) is 0 Å². The molecule has 7 heteroatoms. The first-order valence-electron chi connectivity index (χ1n) is 8.23. The number of nitrogens with one attached hydrogen (secondary N) is 1. The van der Waals surface area contributed by atoms with Gasteiger partial charge in [-0.3, -0.25) is 4.79 Å². The summed E-state index contributed by atoms with van der Waals surface area (Å²) >= 11 is 11.8. The lowest BCUT2D eigenvalue weighted by molar-refractivity contribution is 0.0955. The van der Waals surface area contributed by atoms with Gasteiger partial charge in [0.05, 0.1) is 30.0 Å². The molecule has 2 rings (SSSR count). The standard InChI is InChI=1S/C19H20Cl2N2O3/c1-3-9-26-17-8-5-13(10-18(17)25-4-2)12-22-23-19(24)15-7-6-14(20)11-16(15)21/h5-8,10-12H,3-4,9H2,1-2H3,(H,23,24)/b22-12-. The average molecular weight is 395 g/mol. The van der Waals surface area contributed by atoms with Gasteiger partial charge in [0.25, 0.3) is 5.91 Å². The number of hydrogen-bond donors (Lipinski definition) is 1. The minimum absolute atomic E-state index is 0.265. The van der Waals surface area contributed by atoms with E-state index in [2.05, 4.69) is 10.5 Å². The molecule has 0 aliphatic rings. The fourth-order valence-corrected chi connectivity index (χ4v) is 2.60. The van der Waals surface area contributed by atoms with E-state index in [1.54, 1.807) is 18.2 Å². The molecule has 26 heavy (non-hydrogen) atoms. The average Bonchev–Trinajstić information content (AvgIpc) is 2.61. The molecule has 0 spiro atoms. The molecule has 0 atom stereocenters. The molecule has 0 aliphatic carbocycles. The van der Waals surface area contributed by atoms with Crippen LogP contribution in [0.5, 0.6) is 11.5 Å². The molecule has 0 aromatic heterocycles. The second-order valence-electron chi connectivity index (χ2n) is 5.31. The molecule has 138 valence electrons. The lowest BCUT2D eigenvalue weighted by Gasteiger charge is -2.11. The number of carbonyl (C=O) groups is 1. The van der Waals surface area contributed by atoms with Gasteiger partial charge in [-0.25, -0.2) is 5.43 Å². The second kappa shape index (κ2) is 10.0. The van der Waals surface area contributed by atoms with Gasteiger partial charge in [-0.2, -0.15) is 5.10 Å². The van der Waals surface area contributed by atoms with Crippen LogP contribution in [0.4, 0.5) is 0 Å². The third-order valence-electron chi connectivity index (χ3n) is 3.28. The first kappa shape index (κ1) is 20.1. The maximum absolute atomic E-state index is 12.1. The number of benzene rings is 2. The minimum atomic E-state index is -0.421. The summed E-state index contributed by atoms with van der Waals surface area (Å²) in [6.45, 7) is 5.08. The van der Waals surface area contributed by atoms with Crippen LogP contribution in [0.3, 0.4) is 0 Å². The van der Waals surface area contributed by atoms with Crippen molar-refractivity contribution in [2.45, 2.75) is 20.3 Å². The van der Waals surface area contributed by atoms with Gasteiger partial charge in [0, 0.05) is 5.02 Å². The van der Waals surface area contributed by atoms with E-state index in [-0.39, 0.29) is 5.02 Å². The maximum atomic E-state index is 12.1. The topological polar surface area (TPSA) is 59.9 Å². The lowest BCUT2D eigenvalue weighted by atomic mass is 10.2. The largest absolute Gasteiger partial charge is 0.490 e. The molecule has 1 amide bonds. The molecule has 5 nitrogen and oxygen atoms in total. The molecule has 1 N–H and O–H groups in total. The smallest absolute Gasteiger partial charge is 0.272 e. The number of ether oxygens (including phenoxy) is 2. The first-order chi connectivity index (χ1) is 12.5. The van der Waals surface area contributed by atoms with Crippen LogP contribution in [-0.2, 0) is 0 Å². The summed E-state index contributed by atoms with van der Waals surface area (Å²) in [6.07, 6.45) is 2.43. The van der Waals surface area contributed by atoms with Crippen molar-refractivity contribution >= 4 is 35.3 Å². The molecule has 0 saturated heterocycles. The van der Waals surface area contributed by atoms with E-state index in [0.717, 1.165) is 12.0 Å². The molecule has 0 aliphatic heterocycles. The summed E-state index contributed by atoms with van der Waals surface area (Å²) in [7, 11) is 0. The molecule has 0 unspecified atom stereocenters. The van der Waals surface area contributed by atoms with Crippen molar-refractivity contribution in [1.82, 2.24) is 5.43 Å². The van der Waals surface area contributed by atoms with Crippen molar-refractivity contribution in [1.29, 1.82) is 0 Å². The highest BCUT2D eigenvalue weighted by atomic mass is 35.5. The molecular weight excluding hydrogens is 375 g/mol. The number of hydrogen-bond acceptors (Lipinski definition) is 4. The lowest BCUT2D eigenvalue weighted by Crippen LogP contribution is -2.18. The Kier molecular flexibility index (Phi) is 7.75. The molecule has 0 saturated carbocycles. The summed E-state index contributed by atoms with van der Waals surface area (Å²) in [5.41, 5.74) is 3.50. The van der Waals surface area contributed by atoms with Crippen molar-refractivity contribution < 1.29 is 14.3 Å². The zero-order valence-electron chi connectivity index (χ0n) is 14.6. The van der Waals surface area contributed by atoms with Crippen molar-refractivity contribution in [2.24, 2.45) is 5.10 Å². The monoisotopic (exact) mass is 394 g/mol. The molecule has 0 radical (unpaired) electrons. The van der Waals surface area contributed by atoms with E-state index in [4.69, 9.17) is 32.7 Å². The van der Waals surface area contributed by atoms with E-state index in [1.807, 2.05) is 26.0 Å². The fraction of sp³-hybridized carbons (Fsp3) is 0.263. The summed E-state index contributed by atoms with van der Waals surface area (Å²) in [6, 6.07) is 10.1. The molecule has 2 aromatic carbocycles. The Morgan fingerprint density at radius 3 is 2.62 bits per heavy atom. The van der Waals surface area contributed by atoms with Crippen molar-refractivity contribution in [3.05, 3.63) is 57.6 Å². The number of carbonyl (C=O) groups excluding carboxylic acids is 1. The highest BCUT2D eigenvalue weighted by Gasteiger charge is 2.10. The highest BCUT2D eigenvalue weighted by Crippen LogP contribution is 2.28. The Labute approximate surface area is 162 Å². The van der Waals surface area contributed by atoms with Gasteiger partial charge in [-0.1, -0.05) is 30.1 Å². The van der Waals surface area contributed by atoms with Crippen LogP contribution in [0.2, 0.25) is 10.0 Å². The van der Waals surface area contributed by atoms with E-state index < -0.39 is 5.91 Å². The van der Waals surface area contributed by atoms with E-state index in [0.29, 0.717) is 35.3 Å². The van der Waals surface area contributed by atoms with Gasteiger partial charge in [0.1, 0.15) is 0 Å². The van der Waals surface area contributed by atoms with Crippen LogP contribution in [0, 0.1) is 0 Å². The van der Waals surface area contributed by atoms with E-state index in [1.165, 1.54) is 12.3 Å². The Balaban J connectivity index is 2.07. The van der Waals surface area contributed by atoms with E-state index in [9.17, 15) is 4.79 Å². The molecular formula is C19H20Cl2N2O3. The summed E-state index contributed by atoms with van der Waals surface area (Å²) in [4.78, 5) is 12.1. The fourth-order valence-electron chi connectivity index (χ4n) is 2.10. The van der Waals surface area contributed by atoms with Crippen molar-refractivity contribution in [3.63, 3.8) is 0 Å². The Morgan fingerprint density at radius 2 is 1.92 bits per heavy atom. The Bertz CT molecular complexity index is 794. The Hall–Kier alpha value is -2.24. The third kappa shape index (κ3) is 5.64. The summed E-state index contributed by atoms with van der Waals surface area (Å²) in [5, 5.41) is 4.69. The second-order valence-corrected chi connectivity index (χ2v) is 6.15. The molecule has 2 aromatic rings. The van der Waals surface area contributed by atoms with Crippen LogP contribution in [-0.4, -0.2) is 25.3 Å². The van der Waals surface area contributed by atoms with Gasteiger partial charge in [0.15, 0.2) is 11.5 Å². The minimum Gasteiger partial charge on any atom is -0.490 e. The number of amides is 1. The molecule has 0 bridgehead atoms. The zero-order valence-corrected chi connectivity index (χ0v) is 16.1. The van der Waals surface area contributed by atoms with Gasteiger partial charge in [-0.05, 0) is 55.3 Å². The number of rotatable bonds is 8. The highest BCUT2D eigenvalue weighted by molar-refractivity contribution is 6.36. The third-order valence-corrected chi connectivity index (χ3v) is 3.83. The SMILES string of the molecule is CCCOc1ccc(/C=N\NC(=O)c2ccc(Cl)cc2Cl)cc1OCC. The number of nitrogens with zero attached hydrogens (tertiary/aromatic N) is 1. The van der Waals surface area contributed by atoms with Gasteiger partial charge < -0.3 is 9.47 Å². The van der Waals surface area contributed by atoms with Gasteiger partial charge in [-0.15, -0.1) is 0 Å². The maximum Gasteiger partial charge on any atom is 0.272 e. The summed E-state index contributed by atoms with van der Waals surface area (Å²) < 4.78 is 11.2. The van der Waals surface area contributed by atoms with Crippen LogP contribution >= 0.6 is 23.2 Å². The van der Waals surface area contributed by atoms with Gasteiger partial charge >= 0.3 is 0 Å². The van der Waals surface area contributed by atoms with Crippen LogP contribution in [0.1, 0.15) is 36.2 Å². The van der Waals surface area contributed by atoms with Crippen molar-refractivity contribution in [3.8, 4) is 11.5 Å².